The Labute approximate surface area is 246 Å². The lowest BCUT2D eigenvalue weighted by Crippen LogP contribution is -2.36. The number of benzene rings is 1. The molecule has 14 nitrogen and oxygen atoms in total. The quantitative estimate of drug-likeness (QED) is 0.0726. The van der Waals surface area contributed by atoms with Crippen molar-refractivity contribution in [3.63, 3.8) is 0 Å². The van der Waals surface area contributed by atoms with E-state index >= 15 is 0 Å². The minimum absolute atomic E-state index is 0.0219. The van der Waals surface area contributed by atoms with Crippen LogP contribution >= 0.6 is 0 Å². The van der Waals surface area contributed by atoms with E-state index in [-0.39, 0.29) is 84.9 Å². The number of ether oxygens (including phenoxy) is 7. The van der Waals surface area contributed by atoms with Gasteiger partial charge in [-0.2, -0.15) is 0 Å². The third-order valence-electron chi connectivity index (χ3n) is 5.64. The minimum Gasteiger partial charge on any atom is -0.491 e. The number of hydrogen-bond acceptors (Lipinski definition) is 12. The maximum atomic E-state index is 13.2. The molecule has 238 valence electrons. The van der Waals surface area contributed by atoms with Crippen LogP contribution in [0.25, 0.3) is 6.08 Å². The van der Waals surface area contributed by atoms with Gasteiger partial charge in [-0.1, -0.05) is 12.1 Å². The first kappa shape index (κ1) is 35.5. The summed E-state index contributed by atoms with van der Waals surface area (Å²) in [5.41, 5.74) is 0.926. The molecule has 0 atom stereocenters. The average Bonchev–Trinajstić information content (AvgIpc) is 3.21. The van der Waals surface area contributed by atoms with Crippen LogP contribution in [0.5, 0.6) is 5.75 Å². The molecule has 0 bridgehead atoms. The lowest BCUT2D eigenvalue weighted by atomic mass is 10.1. The van der Waals surface area contributed by atoms with Gasteiger partial charge in [0.1, 0.15) is 18.1 Å². The molecule has 2 rings (SSSR count). The van der Waals surface area contributed by atoms with Crippen molar-refractivity contribution in [2.24, 2.45) is 0 Å². The molecule has 1 heterocycles. The fourth-order valence-electron chi connectivity index (χ4n) is 3.65. The molecule has 0 aliphatic carbocycles. The third-order valence-corrected chi connectivity index (χ3v) is 5.64. The Hall–Kier alpha value is -2.66. The largest absolute Gasteiger partial charge is 0.491 e. The fraction of sp³-hybridized carbons (Fsp3) is 0.643. The number of amides is 3. The molecule has 1 aromatic rings. The summed E-state index contributed by atoms with van der Waals surface area (Å²) >= 11 is 0. The Morgan fingerprint density at radius 3 is 1.48 bits per heavy atom. The molecule has 14 heteroatoms. The Bertz CT molecular complexity index is 899. The molecular weight excluding hydrogens is 556 g/mol. The third kappa shape index (κ3) is 14.0. The summed E-state index contributed by atoms with van der Waals surface area (Å²) in [5.74, 6) is 0.188. The van der Waals surface area contributed by atoms with Crippen LogP contribution in [-0.4, -0.2) is 156 Å². The number of carbonyl (C=O) groups is 2. The van der Waals surface area contributed by atoms with Gasteiger partial charge >= 0.3 is 6.03 Å². The maximum Gasteiger partial charge on any atom is 0.331 e. The summed E-state index contributed by atoms with van der Waals surface area (Å²) in [6.07, 6.45) is 1.65. The van der Waals surface area contributed by atoms with Crippen molar-refractivity contribution >= 4 is 18.0 Å². The predicted molar refractivity (Wildman–Crippen MR) is 150 cm³/mol. The lowest BCUT2D eigenvalue weighted by Gasteiger charge is -2.17. The van der Waals surface area contributed by atoms with E-state index in [1.54, 1.807) is 30.3 Å². The number of imide groups is 1. The van der Waals surface area contributed by atoms with Crippen LogP contribution in [0.4, 0.5) is 4.79 Å². The monoisotopic (exact) mass is 600 g/mol. The zero-order chi connectivity index (χ0) is 30.3. The Morgan fingerprint density at radius 1 is 0.548 bits per heavy atom. The SMILES string of the molecule is O=C1/C(=C\c2ccc(OCCOCCOCCO)cc2)N(CCOCCOCCO)C(=O)N1CCOCCOCCO. The predicted octanol–water partition coefficient (Wildman–Crippen LogP) is -0.253. The van der Waals surface area contributed by atoms with Crippen LogP contribution in [0.2, 0.25) is 0 Å². The highest BCUT2D eigenvalue weighted by molar-refractivity contribution is 6.13. The van der Waals surface area contributed by atoms with Crippen LogP contribution in [0.1, 0.15) is 5.56 Å². The number of nitrogens with zero attached hydrogens (tertiary/aromatic N) is 2. The number of carbonyl (C=O) groups excluding carboxylic acids is 2. The second-order valence-electron chi connectivity index (χ2n) is 8.68. The molecule has 1 fully saturated rings. The summed E-state index contributed by atoms with van der Waals surface area (Å²) in [7, 11) is 0. The van der Waals surface area contributed by atoms with Crippen molar-refractivity contribution in [3.8, 4) is 5.75 Å². The van der Waals surface area contributed by atoms with Crippen molar-refractivity contribution in [2.45, 2.75) is 0 Å². The summed E-state index contributed by atoms with van der Waals surface area (Å²) in [4.78, 5) is 28.9. The van der Waals surface area contributed by atoms with E-state index in [0.29, 0.717) is 51.0 Å². The van der Waals surface area contributed by atoms with E-state index in [2.05, 4.69) is 0 Å². The molecule has 0 radical (unpaired) electrons. The van der Waals surface area contributed by atoms with E-state index in [1.807, 2.05) is 0 Å². The van der Waals surface area contributed by atoms with Gasteiger partial charge in [0.05, 0.1) is 112 Å². The molecule has 0 aromatic heterocycles. The molecular formula is C28H44N2O12. The number of rotatable bonds is 26. The highest BCUT2D eigenvalue weighted by atomic mass is 16.5. The van der Waals surface area contributed by atoms with Crippen molar-refractivity contribution < 1.29 is 58.1 Å². The number of urea groups is 1. The first-order valence-corrected chi connectivity index (χ1v) is 14.0. The smallest absolute Gasteiger partial charge is 0.331 e. The van der Waals surface area contributed by atoms with E-state index in [0.717, 1.165) is 4.90 Å². The number of hydrogen-bond donors (Lipinski definition) is 3. The van der Waals surface area contributed by atoms with Gasteiger partial charge in [0.2, 0.25) is 0 Å². The highest BCUT2D eigenvalue weighted by Crippen LogP contribution is 2.24. The van der Waals surface area contributed by atoms with Gasteiger partial charge in [0.25, 0.3) is 5.91 Å². The molecule has 42 heavy (non-hydrogen) atoms. The van der Waals surface area contributed by atoms with Crippen molar-refractivity contribution in [1.82, 2.24) is 9.80 Å². The van der Waals surface area contributed by atoms with Crippen LogP contribution in [0, 0.1) is 0 Å². The zero-order valence-electron chi connectivity index (χ0n) is 24.0. The lowest BCUT2D eigenvalue weighted by molar-refractivity contribution is -0.123. The molecule has 0 spiro atoms. The fourth-order valence-corrected chi connectivity index (χ4v) is 3.65. The minimum atomic E-state index is -0.465. The van der Waals surface area contributed by atoms with Gasteiger partial charge in [-0.15, -0.1) is 0 Å². The first-order chi connectivity index (χ1) is 20.6. The van der Waals surface area contributed by atoms with Crippen molar-refractivity contribution in [2.75, 3.05) is 119 Å². The van der Waals surface area contributed by atoms with Gasteiger partial charge in [0.15, 0.2) is 0 Å². The molecule has 0 saturated carbocycles. The summed E-state index contributed by atoms with van der Waals surface area (Å²) in [5, 5.41) is 26.2. The van der Waals surface area contributed by atoms with E-state index < -0.39 is 11.9 Å². The summed E-state index contributed by atoms with van der Waals surface area (Å²) < 4.78 is 37.5. The van der Waals surface area contributed by atoms with Gasteiger partial charge in [-0.3, -0.25) is 14.6 Å². The standard InChI is InChI=1S/C28H44N2O12/c31-7-12-38-17-15-36-10-5-29-26(27(34)30(28(29)35)6-11-37-16-18-39-13-8-32)23-24-1-3-25(4-2-24)42-22-21-41-20-19-40-14-9-33/h1-4,23,31-33H,5-22H2/b26-23+. The zero-order valence-corrected chi connectivity index (χ0v) is 24.0. The van der Waals surface area contributed by atoms with Crippen LogP contribution in [0.15, 0.2) is 30.0 Å². The Balaban J connectivity index is 1.92. The molecule has 3 N–H and O–H groups in total. The first-order valence-electron chi connectivity index (χ1n) is 14.0. The topological polar surface area (TPSA) is 166 Å². The van der Waals surface area contributed by atoms with Gasteiger partial charge in [-0.25, -0.2) is 4.79 Å². The second kappa shape index (κ2) is 22.9. The van der Waals surface area contributed by atoms with Crippen molar-refractivity contribution in [1.29, 1.82) is 0 Å². The summed E-state index contributed by atoms with van der Waals surface area (Å²) in [6, 6.07) is 6.64. The number of aliphatic hydroxyl groups excluding tert-OH is 3. The van der Waals surface area contributed by atoms with Crippen LogP contribution in [-0.2, 0) is 33.2 Å². The number of aliphatic hydroxyl groups is 3. The molecule has 0 unspecified atom stereocenters. The van der Waals surface area contributed by atoms with Crippen LogP contribution in [0.3, 0.4) is 0 Å². The average molecular weight is 601 g/mol. The molecule has 1 saturated heterocycles. The van der Waals surface area contributed by atoms with Gasteiger partial charge < -0.3 is 48.5 Å². The van der Waals surface area contributed by atoms with Crippen molar-refractivity contribution in [3.05, 3.63) is 35.5 Å². The second-order valence-corrected chi connectivity index (χ2v) is 8.68. The highest BCUT2D eigenvalue weighted by Gasteiger charge is 2.40. The van der Waals surface area contributed by atoms with E-state index in [9.17, 15) is 9.59 Å². The van der Waals surface area contributed by atoms with Crippen LogP contribution < -0.4 is 4.74 Å². The Morgan fingerprint density at radius 2 is 0.976 bits per heavy atom. The Kier molecular flexibility index (Phi) is 19.4. The molecule has 1 aromatic carbocycles. The van der Waals surface area contributed by atoms with E-state index in [1.165, 1.54) is 4.90 Å². The van der Waals surface area contributed by atoms with Gasteiger partial charge in [-0.05, 0) is 23.8 Å². The molecule has 1 aliphatic rings. The maximum absolute atomic E-state index is 13.2. The molecule has 3 amide bonds. The van der Waals surface area contributed by atoms with Gasteiger partial charge in [0, 0.05) is 0 Å². The molecule has 1 aliphatic heterocycles. The normalized spacial score (nSPS) is 14.5. The summed E-state index contributed by atoms with van der Waals surface area (Å²) in [6.45, 7) is 3.82. The van der Waals surface area contributed by atoms with E-state index in [4.69, 9.17) is 48.5 Å².